The molecule has 1 aromatic carbocycles. The minimum atomic E-state index is -0.322. The largest absolute Gasteiger partial charge is 0.300 e. The predicted molar refractivity (Wildman–Crippen MR) is 86.5 cm³/mol. The van der Waals surface area contributed by atoms with Gasteiger partial charge in [0.15, 0.2) is 5.17 Å². The number of amides is 1. The fourth-order valence-electron chi connectivity index (χ4n) is 1.65. The first-order chi connectivity index (χ1) is 10.1. The Labute approximate surface area is 133 Å². The molecule has 0 aliphatic carbocycles. The van der Waals surface area contributed by atoms with Crippen LogP contribution in [-0.2, 0) is 4.79 Å². The summed E-state index contributed by atoms with van der Waals surface area (Å²) in [7, 11) is 0. The molecule has 21 heavy (non-hydrogen) atoms. The van der Waals surface area contributed by atoms with Crippen LogP contribution in [0.5, 0.6) is 0 Å². The zero-order valence-corrected chi connectivity index (χ0v) is 12.9. The normalized spacial score (nSPS) is 18.5. The third-order valence-electron chi connectivity index (χ3n) is 2.58. The smallest absolute Gasteiger partial charge is 0.264 e. The molecule has 1 aliphatic rings. The standard InChI is InChI=1S/C14H8ClFN2OS2/c15-12-6-5-10(20-12)7-11-13(19)18-14(21-11)17-9-3-1-8(16)2-4-9/h1-7H,(H,17,18,19). The molecule has 1 amide bonds. The van der Waals surface area contributed by atoms with E-state index in [0.717, 1.165) is 4.88 Å². The van der Waals surface area contributed by atoms with Gasteiger partial charge in [0.05, 0.1) is 14.9 Å². The number of nitrogens with one attached hydrogen (secondary N) is 1. The Balaban J connectivity index is 1.81. The van der Waals surface area contributed by atoms with Crippen molar-refractivity contribution in [1.82, 2.24) is 5.32 Å². The maximum absolute atomic E-state index is 12.8. The Morgan fingerprint density at radius 3 is 2.62 bits per heavy atom. The lowest BCUT2D eigenvalue weighted by atomic mass is 10.3. The zero-order chi connectivity index (χ0) is 14.8. The van der Waals surface area contributed by atoms with Crippen LogP contribution in [0.4, 0.5) is 10.1 Å². The number of nitrogens with zero attached hydrogens (tertiary/aromatic N) is 1. The fourth-order valence-corrected chi connectivity index (χ4v) is 3.56. The number of thiophene rings is 1. The van der Waals surface area contributed by atoms with Crippen molar-refractivity contribution in [1.29, 1.82) is 0 Å². The van der Waals surface area contributed by atoms with Gasteiger partial charge in [-0.3, -0.25) is 4.79 Å². The van der Waals surface area contributed by atoms with Crippen LogP contribution in [-0.4, -0.2) is 11.1 Å². The molecule has 0 spiro atoms. The molecule has 0 radical (unpaired) electrons. The van der Waals surface area contributed by atoms with Crippen LogP contribution >= 0.6 is 34.7 Å². The maximum atomic E-state index is 12.8. The summed E-state index contributed by atoms with van der Waals surface area (Å²) in [5, 5.41) is 3.15. The van der Waals surface area contributed by atoms with Crippen LogP contribution in [0, 0.1) is 5.82 Å². The summed E-state index contributed by atoms with van der Waals surface area (Å²) in [4.78, 5) is 17.6. The summed E-state index contributed by atoms with van der Waals surface area (Å²) in [6, 6.07) is 9.38. The van der Waals surface area contributed by atoms with E-state index >= 15 is 0 Å². The molecule has 2 heterocycles. The number of carbonyl (C=O) groups is 1. The van der Waals surface area contributed by atoms with Gasteiger partial charge < -0.3 is 5.32 Å². The number of hydrogen-bond donors (Lipinski definition) is 1. The highest BCUT2D eigenvalue weighted by molar-refractivity contribution is 8.18. The van der Waals surface area contributed by atoms with Crippen LogP contribution in [0.15, 0.2) is 46.3 Å². The van der Waals surface area contributed by atoms with Crippen molar-refractivity contribution in [2.45, 2.75) is 0 Å². The van der Waals surface area contributed by atoms with Crippen molar-refractivity contribution in [2.75, 3.05) is 0 Å². The molecule has 106 valence electrons. The average Bonchev–Trinajstić information content (AvgIpc) is 3.00. The number of aliphatic imine (C=N–C) groups is 1. The lowest BCUT2D eigenvalue weighted by Gasteiger charge is -1.95. The van der Waals surface area contributed by atoms with Gasteiger partial charge in [-0.15, -0.1) is 11.3 Å². The van der Waals surface area contributed by atoms with Crippen molar-refractivity contribution in [2.24, 2.45) is 4.99 Å². The second kappa shape index (κ2) is 6.01. The van der Waals surface area contributed by atoms with E-state index in [1.165, 1.54) is 35.2 Å². The van der Waals surface area contributed by atoms with E-state index in [9.17, 15) is 9.18 Å². The SMILES string of the molecule is O=C1NC(=Nc2ccc(F)cc2)SC1=Cc1ccc(Cl)s1. The van der Waals surface area contributed by atoms with Gasteiger partial charge in [-0.25, -0.2) is 9.38 Å². The van der Waals surface area contributed by atoms with Crippen LogP contribution in [0.2, 0.25) is 4.34 Å². The van der Waals surface area contributed by atoms with E-state index in [1.54, 1.807) is 24.3 Å². The number of thioether (sulfide) groups is 1. The van der Waals surface area contributed by atoms with Gasteiger partial charge >= 0.3 is 0 Å². The van der Waals surface area contributed by atoms with Gasteiger partial charge in [0.25, 0.3) is 5.91 Å². The third kappa shape index (κ3) is 3.53. The van der Waals surface area contributed by atoms with Crippen LogP contribution < -0.4 is 5.32 Å². The fraction of sp³-hybridized carbons (Fsp3) is 0. The van der Waals surface area contributed by atoms with E-state index in [0.29, 0.717) is 20.1 Å². The second-order valence-electron chi connectivity index (χ2n) is 4.10. The molecule has 2 aromatic rings. The van der Waals surface area contributed by atoms with Crippen molar-refractivity contribution < 1.29 is 9.18 Å². The van der Waals surface area contributed by atoms with Gasteiger partial charge in [0.2, 0.25) is 0 Å². The highest BCUT2D eigenvalue weighted by Gasteiger charge is 2.23. The Kier molecular flexibility index (Phi) is 4.10. The summed E-state index contributed by atoms with van der Waals surface area (Å²) in [5.41, 5.74) is 0.583. The molecule has 3 rings (SSSR count). The number of rotatable bonds is 2. The Hall–Kier alpha value is -1.63. The number of benzene rings is 1. The number of carbonyl (C=O) groups excluding carboxylic acids is 1. The van der Waals surface area contributed by atoms with E-state index in [1.807, 2.05) is 6.07 Å². The predicted octanol–water partition coefficient (Wildman–Crippen LogP) is 4.43. The highest BCUT2D eigenvalue weighted by Crippen LogP contribution is 2.30. The summed E-state index contributed by atoms with van der Waals surface area (Å²) in [6.45, 7) is 0. The molecule has 0 unspecified atom stereocenters. The van der Waals surface area contributed by atoms with Crippen LogP contribution in [0.3, 0.4) is 0 Å². The van der Waals surface area contributed by atoms with E-state index in [2.05, 4.69) is 10.3 Å². The van der Waals surface area contributed by atoms with E-state index < -0.39 is 0 Å². The van der Waals surface area contributed by atoms with Gasteiger partial charge in [-0.05, 0) is 54.2 Å². The minimum absolute atomic E-state index is 0.203. The number of hydrogen-bond acceptors (Lipinski definition) is 4. The van der Waals surface area contributed by atoms with Gasteiger partial charge in [-0.2, -0.15) is 0 Å². The zero-order valence-electron chi connectivity index (χ0n) is 10.5. The molecule has 7 heteroatoms. The van der Waals surface area contributed by atoms with Crippen molar-refractivity contribution in [3.8, 4) is 0 Å². The lowest BCUT2D eigenvalue weighted by Crippen LogP contribution is -2.19. The molecular weight excluding hydrogens is 331 g/mol. The molecule has 0 atom stereocenters. The summed E-state index contributed by atoms with van der Waals surface area (Å²) in [6.07, 6.45) is 1.77. The Bertz CT molecular complexity index is 753. The van der Waals surface area contributed by atoms with Gasteiger partial charge in [-0.1, -0.05) is 11.6 Å². The molecule has 1 aromatic heterocycles. The summed E-state index contributed by atoms with van der Waals surface area (Å²) < 4.78 is 13.5. The second-order valence-corrected chi connectivity index (χ2v) is 6.88. The molecule has 0 bridgehead atoms. The van der Waals surface area contributed by atoms with Gasteiger partial charge in [0, 0.05) is 4.88 Å². The average molecular weight is 339 g/mol. The Morgan fingerprint density at radius 1 is 1.19 bits per heavy atom. The monoisotopic (exact) mass is 338 g/mol. The summed E-state index contributed by atoms with van der Waals surface area (Å²) >= 11 is 8.50. The van der Waals surface area contributed by atoms with E-state index in [4.69, 9.17) is 11.6 Å². The molecule has 1 aliphatic heterocycles. The third-order valence-corrected chi connectivity index (χ3v) is 4.66. The number of halogens is 2. The number of amidine groups is 1. The highest BCUT2D eigenvalue weighted by atomic mass is 35.5. The lowest BCUT2D eigenvalue weighted by molar-refractivity contribution is -0.115. The molecule has 1 N–H and O–H groups in total. The first-order valence-electron chi connectivity index (χ1n) is 5.91. The topological polar surface area (TPSA) is 41.5 Å². The van der Waals surface area contributed by atoms with Crippen molar-refractivity contribution in [3.05, 3.63) is 56.3 Å². The maximum Gasteiger partial charge on any atom is 0.264 e. The molecular formula is C14H8ClFN2OS2. The molecule has 1 saturated heterocycles. The van der Waals surface area contributed by atoms with Crippen LogP contribution in [0.1, 0.15) is 4.88 Å². The summed E-state index contributed by atoms with van der Waals surface area (Å²) in [5.74, 6) is -0.525. The van der Waals surface area contributed by atoms with E-state index in [-0.39, 0.29) is 11.7 Å². The molecule has 3 nitrogen and oxygen atoms in total. The van der Waals surface area contributed by atoms with Crippen molar-refractivity contribution >= 4 is 57.5 Å². The first-order valence-corrected chi connectivity index (χ1v) is 7.92. The quantitative estimate of drug-likeness (QED) is 0.823. The van der Waals surface area contributed by atoms with Gasteiger partial charge in [0.1, 0.15) is 5.82 Å². The first kappa shape index (κ1) is 14.3. The van der Waals surface area contributed by atoms with Crippen LogP contribution in [0.25, 0.3) is 6.08 Å². The van der Waals surface area contributed by atoms with Crippen molar-refractivity contribution in [3.63, 3.8) is 0 Å². The molecule has 0 saturated carbocycles. The molecule has 1 fully saturated rings. The Morgan fingerprint density at radius 2 is 1.95 bits per heavy atom. The minimum Gasteiger partial charge on any atom is -0.300 e.